The molecule has 4 aromatic carbocycles. The Bertz CT molecular complexity index is 1610. The van der Waals surface area contributed by atoms with Gasteiger partial charge >= 0.3 is 0 Å². The second kappa shape index (κ2) is 10.4. The van der Waals surface area contributed by atoms with Crippen molar-refractivity contribution in [3.63, 3.8) is 0 Å². The van der Waals surface area contributed by atoms with Crippen LogP contribution in [0.2, 0.25) is 0 Å². The SMILES string of the molecule is Cc1ccc2nc(-c3ccc(NC(=O)c4ccc([C@H]5SCC(=O)N5Cc5ccccc5)cc4)cc3)sc2c1. The lowest BCUT2D eigenvalue weighted by Gasteiger charge is -2.24. The first kappa shape index (κ1) is 24.4. The molecule has 38 heavy (non-hydrogen) atoms. The minimum absolute atomic E-state index is 0.0567. The fourth-order valence-electron chi connectivity index (χ4n) is 4.54. The lowest BCUT2D eigenvalue weighted by molar-refractivity contribution is -0.128. The number of nitrogens with zero attached hydrogens (tertiary/aromatic N) is 2. The van der Waals surface area contributed by atoms with Crippen LogP contribution in [0, 0.1) is 6.92 Å². The highest BCUT2D eigenvalue weighted by molar-refractivity contribution is 8.00. The monoisotopic (exact) mass is 535 g/mol. The van der Waals surface area contributed by atoms with Gasteiger partial charge in [-0.3, -0.25) is 9.59 Å². The van der Waals surface area contributed by atoms with Crippen molar-refractivity contribution in [2.45, 2.75) is 18.8 Å². The molecule has 188 valence electrons. The van der Waals surface area contributed by atoms with Crippen LogP contribution < -0.4 is 5.32 Å². The highest BCUT2D eigenvalue weighted by atomic mass is 32.2. The number of aryl methyl sites for hydroxylation is 1. The van der Waals surface area contributed by atoms with E-state index in [1.807, 2.05) is 83.8 Å². The summed E-state index contributed by atoms with van der Waals surface area (Å²) in [6.45, 7) is 2.66. The van der Waals surface area contributed by atoms with Crippen LogP contribution in [0.1, 0.15) is 32.4 Å². The number of aromatic nitrogens is 1. The number of thioether (sulfide) groups is 1. The first-order chi connectivity index (χ1) is 18.5. The summed E-state index contributed by atoms with van der Waals surface area (Å²) in [6.07, 6.45) is 0. The molecule has 1 fully saturated rings. The van der Waals surface area contributed by atoms with Crippen LogP contribution in [0.4, 0.5) is 5.69 Å². The van der Waals surface area contributed by atoms with Gasteiger partial charge in [0.05, 0.1) is 16.0 Å². The second-order valence-corrected chi connectivity index (χ2v) is 11.4. The molecule has 0 radical (unpaired) electrons. The Labute approximate surface area is 229 Å². The molecule has 6 rings (SSSR count). The van der Waals surface area contributed by atoms with Crippen molar-refractivity contribution in [3.8, 4) is 10.6 Å². The fraction of sp³-hybridized carbons (Fsp3) is 0.129. The quantitative estimate of drug-likeness (QED) is 0.248. The second-order valence-electron chi connectivity index (χ2n) is 9.31. The maximum Gasteiger partial charge on any atom is 0.255 e. The number of benzene rings is 4. The standard InChI is InChI=1S/C31H25N3O2S2/c1-20-7-16-26-27(17-20)38-30(33-26)23-12-14-25(15-13-23)32-29(36)22-8-10-24(11-9-22)31-34(28(35)19-37-31)18-21-5-3-2-4-6-21/h2-17,31H,18-19H2,1H3,(H,32,36)/t31-/m1/s1. The van der Waals surface area contributed by atoms with Crippen LogP contribution >= 0.6 is 23.1 Å². The van der Waals surface area contributed by atoms with Crippen molar-refractivity contribution in [2.75, 3.05) is 11.1 Å². The zero-order valence-electron chi connectivity index (χ0n) is 20.8. The number of hydrogen-bond acceptors (Lipinski definition) is 5. The Balaban J connectivity index is 1.12. The summed E-state index contributed by atoms with van der Waals surface area (Å²) in [7, 11) is 0. The van der Waals surface area contributed by atoms with Crippen molar-refractivity contribution < 1.29 is 9.59 Å². The summed E-state index contributed by atoms with van der Waals surface area (Å²) in [5, 5.41) is 3.89. The summed E-state index contributed by atoms with van der Waals surface area (Å²) >= 11 is 3.29. The van der Waals surface area contributed by atoms with Gasteiger partial charge in [0, 0.05) is 23.4 Å². The van der Waals surface area contributed by atoms with E-state index in [9.17, 15) is 9.59 Å². The summed E-state index contributed by atoms with van der Waals surface area (Å²) in [5.41, 5.74) is 6.67. The topological polar surface area (TPSA) is 62.3 Å². The van der Waals surface area contributed by atoms with E-state index in [1.165, 1.54) is 10.3 Å². The van der Waals surface area contributed by atoms with Crippen LogP contribution in [0.15, 0.2) is 97.1 Å². The third-order valence-corrected chi connectivity index (χ3v) is 8.88. The number of thiazole rings is 1. The molecule has 1 N–H and O–H groups in total. The van der Waals surface area contributed by atoms with Gasteiger partial charge in [-0.2, -0.15) is 0 Å². The zero-order chi connectivity index (χ0) is 26.1. The van der Waals surface area contributed by atoms with Crippen LogP contribution in [-0.4, -0.2) is 27.5 Å². The van der Waals surface area contributed by atoms with Crippen molar-refractivity contribution in [3.05, 3.63) is 119 Å². The van der Waals surface area contributed by atoms with E-state index in [1.54, 1.807) is 23.1 Å². The normalized spacial score (nSPS) is 15.2. The molecule has 0 unspecified atom stereocenters. The number of nitrogens with one attached hydrogen (secondary N) is 1. The molecule has 0 saturated carbocycles. The molecule has 1 aliphatic rings. The number of hydrogen-bond donors (Lipinski definition) is 1. The Morgan fingerprint density at radius 2 is 1.74 bits per heavy atom. The van der Waals surface area contributed by atoms with Gasteiger partial charge in [-0.15, -0.1) is 23.1 Å². The van der Waals surface area contributed by atoms with Gasteiger partial charge in [-0.25, -0.2) is 4.98 Å². The van der Waals surface area contributed by atoms with Crippen LogP contribution in [0.25, 0.3) is 20.8 Å². The Hall–Kier alpha value is -3.94. The Morgan fingerprint density at radius 3 is 2.50 bits per heavy atom. The number of fused-ring (bicyclic) bond motifs is 1. The Kier molecular flexibility index (Phi) is 6.70. The summed E-state index contributed by atoms with van der Waals surface area (Å²) < 4.78 is 1.17. The van der Waals surface area contributed by atoms with E-state index in [4.69, 9.17) is 4.98 Å². The molecule has 0 aliphatic carbocycles. The van der Waals surface area contributed by atoms with Gasteiger partial charge in [0.15, 0.2) is 0 Å². The minimum atomic E-state index is -0.170. The van der Waals surface area contributed by atoms with Gasteiger partial charge in [0.2, 0.25) is 5.91 Å². The van der Waals surface area contributed by atoms with Gasteiger partial charge in [0.25, 0.3) is 5.91 Å². The fourth-order valence-corrected chi connectivity index (χ4v) is 6.79. The maximum absolute atomic E-state index is 12.9. The van der Waals surface area contributed by atoms with E-state index < -0.39 is 0 Å². The van der Waals surface area contributed by atoms with E-state index in [0.29, 0.717) is 17.9 Å². The highest BCUT2D eigenvalue weighted by Gasteiger charge is 2.32. The smallest absolute Gasteiger partial charge is 0.255 e. The molecular formula is C31H25N3O2S2. The van der Waals surface area contributed by atoms with E-state index in [2.05, 4.69) is 30.4 Å². The van der Waals surface area contributed by atoms with Gasteiger partial charge in [-0.1, -0.05) is 48.5 Å². The molecular weight excluding hydrogens is 510 g/mol. The van der Waals surface area contributed by atoms with Crippen molar-refractivity contribution in [1.29, 1.82) is 0 Å². The molecule has 5 aromatic rings. The molecule has 1 atom stereocenters. The lowest BCUT2D eigenvalue weighted by Crippen LogP contribution is -2.27. The average Bonchev–Trinajstić information content (AvgIpc) is 3.53. The molecule has 1 aromatic heterocycles. The third-order valence-electron chi connectivity index (χ3n) is 6.56. The highest BCUT2D eigenvalue weighted by Crippen LogP contribution is 2.39. The number of carbonyl (C=O) groups excluding carboxylic acids is 2. The molecule has 5 nitrogen and oxygen atoms in total. The predicted octanol–water partition coefficient (Wildman–Crippen LogP) is 7.30. The molecule has 1 saturated heterocycles. The number of amides is 2. The zero-order valence-corrected chi connectivity index (χ0v) is 22.4. The Morgan fingerprint density at radius 1 is 0.974 bits per heavy atom. The van der Waals surface area contributed by atoms with E-state index in [-0.39, 0.29) is 17.2 Å². The maximum atomic E-state index is 12.9. The van der Waals surface area contributed by atoms with Crippen LogP contribution in [-0.2, 0) is 11.3 Å². The van der Waals surface area contributed by atoms with Crippen molar-refractivity contribution >= 4 is 50.8 Å². The van der Waals surface area contributed by atoms with Crippen LogP contribution in [0.3, 0.4) is 0 Å². The third kappa shape index (κ3) is 5.08. The number of carbonyl (C=O) groups is 2. The van der Waals surface area contributed by atoms with Crippen molar-refractivity contribution in [2.24, 2.45) is 0 Å². The molecule has 7 heteroatoms. The average molecular weight is 536 g/mol. The predicted molar refractivity (Wildman–Crippen MR) is 156 cm³/mol. The largest absolute Gasteiger partial charge is 0.322 e. The van der Waals surface area contributed by atoms with Crippen LogP contribution in [0.5, 0.6) is 0 Å². The van der Waals surface area contributed by atoms with Gasteiger partial charge in [0.1, 0.15) is 10.4 Å². The summed E-state index contributed by atoms with van der Waals surface area (Å²) in [4.78, 5) is 32.1. The van der Waals surface area contributed by atoms with E-state index >= 15 is 0 Å². The first-order valence-corrected chi connectivity index (χ1v) is 14.2. The van der Waals surface area contributed by atoms with E-state index in [0.717, 1.165) is 32.9 Å². The molecule has 0 spiro atoms. The van der Waals surface area contributed by atoms with Gasteiger partial charge in [-0.05, 0) is 72.1 Å². The minimum Gasteiger partial charge on any atom is -0.322 e. The number of anilines is 1. The molecule has 2 heterocycles. The van der Waals surface area contributed by atoms with Crippen molar-refractivity contribution in [1.82, 2.24) is 9.88 Å². The summed E-state index contributed by atoms with van der Waals surface area (Å²) in [6, 6.07) is 31.6. The number of rotatable bonds is 6. The van der Waals surface area contributed by atoms with Gasteiger partial charge < -0.3 is 10.2 Å². The molecule has 1 aliphatic heterocycles. The molecule has 2 amide bonds. The molecule has 0 bridgehead atoms. The summed E-state index contributed by atoms with van der Waals surface area (Å²) in [5.74, 6) is 0.429. The first-order valence-electron chi connectivity index (χ1n) is 12.4. The lowest BCUT2D eigenvalue weighted by atomic mass is 10.1.